The largest absolute Gasteiger partial charge is 0.356 e. The molecule has 4 nitrogen and oxygen atoms in total. The molecular formula is C16H20N4. The molecule has 20 heavy (non-hydrogen) atoms. The summed E-state index contributed by atoms with van der Waals surface area (Å²) < 4.78 is 0. The van der Waals surface area contributed by atoms with Crippen LogP contribution in [0.25, 0.3) is 0 Å². The van der Waals surface area contributed by atoms with E-state index in [1.165, 1.54) is 24.8 Å². The third-order valence-electron chi connectivity index (χ3n) is 3.97. The van der Waals surface area contributed by atoms with Gasteiger partial charge in [-0.1, -0.05) is 0 Å². The van der Waals surface area contributed by atoms with Gasteiger partial charge in [0.05, 0.1) is 0 Å². The van der Waals surface area contributed by atoms with Gasteiger partial charge in [0.2, 0.25) is 0 Å². The predicted molar refractivity (Wildman–Crippen MR) is 79.6 cm³/mol. The second-order valence-electron chi connectivity index (χ2n) is 5.45. The molecule has 0 unspecified atom stereocenters. The van der Waals surface area contributed by atoms with E-state index in [1.54, 1.807) is 0 Å². The second-order valence-corrected chi connectivity index (χ2v) is 5.45. The maximum Gasteiger partial charge on any atom is 0.132 e. The van der Waals surface area contributed by atoms with Gasteiger partial charge >= 0.3 is 0 Å². The fourth-order valence-electron chi connectivity index (χ4n) is 2.84. The van der Waals surface area contributed by atoms with Gasteiger partial charge in [-0.3, -0.25) is 4.98 Å². The Morgan fingerprint density at radius 3 is 2.55 bits per heavy atom. The van der Waals surface area contributed by atoms with E-state index in [2.05, 4.69) is 32.0 Å². The Morgan fingerprint density at radius 1 is 1.10 bits per heavy atom. The van der Waals surface area contributed by atoms with Crippen LogP contribution < -0.4 is 4.90 Å². The van der Waals surface area contributed by atoms with E-state index in [-0.39, 0.29) is 0 Å². The number of anilines is 1. The normalized spacial score (nSPS) is 16.4. The van der Waals surface area contributed by atoms with Gasteiger partial charge in [-0.05, 0) is 55.9 Å². The molecule has 2 aromatic heterocycles. The minimum atomic E-state index is 0.775. The SMILES string of the molecule is Cc1nccc(N2CCC(Cc3ccncc3)CC2)n1. The van der Waals surface area contributed by atoms with E-state index in [0.29, 0.717) is 0 Å². The van der Waals surface area contributed by atoms with Crippen LogP contribution in [0.15, 0.2) is 36.8 Å². The monoisotopic (exact) mass is 268 g/mol. The molecule has 2 aromatic rings. The lowest BCUT2D eigenvalue weighted by molar-refractivity contribution is 0.402. The van der Waals surface area contributed by atoms with E-state index in [1.807, 2.05) is 31.6 Å². The van der Waals surface area contributed by atoms with Crippen LogP contribution >= 0.6 is 0 Å². The van der Waals surface area contributed by atoms with Crippen molar-refractivity contribution in [2.24, 2.45) is 5.92 Å². The zero-order valence-corrected chi connectivity index (χ0v) is 11.9. The van der Waals surface area contributed by atoms with E-state index >= 15 is 0 Å². The lowest BCUT2D eigenvalue weighted by Gasteiger charge is -2.32. The zero-order chi connectivity index (χ0) is 13.8. The molecule has 0 atom stereocenters. The lowest BCUT2D eigenvalue weighted by atomic mass is 9.90. The Balaban J connectivity index is 1.57. The van der Waals surface area contributed by atoms with Gasteiger partial charge in [0.25, 0.3) is 0 Å². The fraction of sp³-hybridized carbons (Fsp3) is 0.438. The summed E-state index contributed by atoms with van der Waals surface area (Å²) >= 11 is 0. The van der Waals surface area contributed by atoms with Crippen LogP contribution in [0.5, 0.6) is 0 Å². The molecule has 0 saturated carbocycles. The first-order valence-electron chi connectivity index (χ1n) is 7.25. The third-order valence-corrected chi connectivity index (χ3v) is 3.97. The van der Waals surface area contributed by atoms with Crippen LogP contribution in [-0.4, -0.2) is 28.0 Å². The molecule has 1 aliphatic rings. The second kappa shape index (κ2) is 5.99. The van der Waals surface area contributed by atoms with Crippen molar-refractivity contribution < 1.29 is 0 Å². The fourth-order valence-corrected chi connectivity index (χ4v) is 2.84. The van der Waals surface area contributed by atoms with Gasteiger partial charge in [-0.15, -0.1) is 0 Å². The number of rotatable bonds is 3. The average molecular weight is 268 g/mol. The van der Waals surface area contributed by atoms with E-state index in [4.69, 9.17) is 0 Å². The summed E-state index contributed by atoms with van der Waals surface area (Å²) in [6, 6.07) is 6.26. The van der Waals surface area contributed by atoms with Crippen molar-refractivity contribution >= 4 is 5.82 Å². The summed E-state index contributed by atoms with van der Waals surface area (Å²) in [6.07, 6.45) is 9.24. The molecule has 0 bridgehead atoms. The van der Waals surface area contributed by atoms with Crippen LogP contribution in [0.2, 0.25) is 0 Å². The van der Waals surface area contributed by atoms with Crippen LogP contribution in [0.4, 0.5) is 5.82 Å². The topological polar surface area (TPSA) is 41.9 Å². The molecule has 0 N–H and O–H groups in total. The average Bonchev–Trinajstić information content (AvgIpc) is 2.49. The summed E-state index contributed by atoms with van der Waals surface area (Å²) in [5, 5.41) is 0. The van der Waals surface area contributed by atoms with Gasteiger partial charge in [0.1, 0.15) is 11.6 Å². The molecule has 4 heteroatoms. The zero-order valence-electron chi connectivity index (χ0n) is 11.9. The van der Waals surface area contributed by atoms with Crippen molar-refractivity contribution in [1.29, 1.82) is 0 Å². The van der Waals surface area contributed by atoms with Gasteiger partial charge in [0.15, 0.2) is 0 Å². The van der Waals surface area contributed by atoms with Crippen molar-refractivity contribution in [3.8, 4) is 0 Å². The minimum Gasteiger partial charge on any atom is -0.356 e. The van der Waals surface area contributed by atoms with Crippen LogP contribution in [0.1, 0.15) is 24.2 Å². The smallest absolute Gasteiger partial charge is 0.132 e. The van der Waals surface area contributed by atoms with Gasteiger partial charge in [-0.25, -0.2) is 9.97 Å². The third kappa shape index (κ3) is 3.13. The first-order chi connectivity index (χ1) is 9.81. The first-order valence-corrected chi connectivity index (χ1v) is 7.25. The molecular weight excluding hydrogens is 248 g/mol. The Labute approximate surface area is 119 Å². The quantitative estimate of drug-likeness (QED) is 0.858. The number of aryl methyl sites for hydroxylation is 1. The number of pyridine rings is 1. The van der Waals surface area contributed by atoms with Crippen molar-refractivity contribution in [2.45, 2.75) is 26.2 Å². The highest BCUT2D eigenvalue weighted by Gasteiger charge is 2.20. The number of hydrogen-bond acceptors (Lipinski definition) is 4. The number of hydrogen-bond donors (Lipinski definition) is 0. The van der Waals surface area contributed by atoms with Crippen LogP contribution in [0.3, 0.4) is 0 Å². The van der Waals surface area contributed by atoms with E-state index in [9.17, 15) is 0 Å². The van der Waals surface area contributed by atoms with Crippen LogP contribution in [0, 0.1) is 12.8 Å². The van der Waals surface area contributed by atoms with Gasteiger partial charge in [-0.2, -0.15) is 0 Å². The Hall–Kier alpha value is -1.97. The molecule has 0 amide bonds. The summed E-state index contributed by atoms with van der Waals surface area (Å²) in [5.41, 5.74) is 1.40. The Bertz CT molecular complexity index is 547. The van der Waals surface area contributed by atoms with Crippen molar-refractivity contribution in [1.82, 2.24) is 15.0 Å². The van der Waals surface area contributed by atoms with Gasteiger partial charge in [0, 0.05) is 31.7 Å². The highest BCUT2D eigenvalue weighted by molar-refractivity contribution is 5.37. The molecule has 0 spiro atoms. The molecule has 0 aliphatic carbocycles. The maximum atomic E-state index is 4.51. The van der Waals surface area contributed by atoms with Crippen LogP contribution in [-0.2, 0) is 6.42 Å². The summed E-state index contributed by atoms with van der Waals surface area (Å²) in [7, 11) is 0. The van der Waals surface area contributed by atoms with Crippen molar-refractivity contribution in [3.05, 3.63) is 48.2 Å². The minimum absolute atomic E-state index is 0.775. The summed E-state index contributed by atoms with van der Waals surface area (Å²) in [4.78, 5) is 15.1. The molecule has 104 valence electrons. The summed E-state index contributed by atoms with van der Waals surface area (Å²) in [5.74, 6) is 2.69. The molecule has 0 radical (unpaired) electrons. The Morgan fingerprint density at radius 2 is 1.85 bits per heavy atom. The van der Waals surface area contributed by atoms with Crippen molar-refractivity contribution in [3.63, 3.8) is 0 Å². The molecule has 3 rings (SSSR count). The summed E-state index contributed by atoms with van der Waals surface area (Å²) in [6.45, 7) is 4.12. The molecule has 3 heterocycles. The molecule has 1 fully saturated rings. The van der Waals surface area contributed by atoms with E-state index < -0.39 is 0 Å². The molecule has 1 saturated heterocycles. The highest BCUT2D eigenvalue weighted by atomic mass is 15.2. The predicted octanol–water partition coefficient (Wildman–Crippen LogP) is 2.64. The first kappa shape index (κ1) is 13.0. The number of aromatic nitrogens is 3. The highest BCUT2D eigenvalue weighted by Crippen LogP contribution is 2.24. The number of nitrogens with zero attached hydrogens (tertiary/aromatic N) is 4. The molecule has 0 aromatic carbocycles. The van der Waals surface area contributed by atoms with Gasteiger partial charge < -0.3 is 4.90 Å². The molecule has 1 aliphatic heterocycles. The van der Waals surface area contributed by atoms with E-state index in [0.717, 1.165) is 30.6 Å². The van der Waals surface area contributed by atoms with Crippen molar-refractivity contribution in [2.75, 3.05) is 18.0 Å². The lowest BCUT2D eigenvalue weighted by Crippen LogP contribution is -2.35. The maximum absolute atomic E-state index is 4.51. The Kier molecular flexibility index (Phi) is 3.90. The standard InChI is InChI=1S/C16H20N4/c1-13-18-9-4-16(19-13)20-10-5-15(6-11-20)12-14-2-7-17-8-3-14/h2-4,7-9,15H,5-6,10-12H2,1H3. The number of piperidine rings is 1.